The van der Waals surface area contributed by atoms with Crippen LogP contribution in [-0.2, 0) is 9.53 Å². The Kier molecular flexibility index (Phi) is 2.35. The maximum absolute atomic E-state index is 11.3. The minimum atomic E-state index is -0.179. The number of benzene rings is 1. The summed E-state index contributed by atoms with van der Waals surface area (Å²) in [4.78, 5) is 11.3. The van der Waals surface area contributed by atoms with E-state index in [9.17, 15) is 4.79 Å². The molecule has 0 aromatic heterocycles. The number of ether oxygens (including phenoxy) is 1. The molecule has 1 atom stereocenters. The van der Waals surface area contributed by atoms with Crippen LogP contribution in [0.3, 0.4) is 0 Å². The molecule has 0 saturated carbocycles. The Balaban J connectivity index is 2.24. The summed E-state index contributed by atoms with van der Waals surface area (Å²) >= 11 is 0. The molecule has 0 aliphatic carbocycles. The van der Waals surface area contributed by atoms with Crippen LogP contribution in [0.5, 0.6) is 0 Å². The van der Waals surface area contributed by atoms with Gasteiger partial charge in [-0.1, -0.05) is 37.3 Å². The van der Waals surface area contributed by atoms with E-state index in [0.717, 1.165) is 11.1 Å². The summed E-state index contributed by atoms with van der Waals surface area (Å²) in [5, 5.41) is 0. The van der Waals surface area contributed by atoms with Crippen LogP contribution < -0.4 is 0 Å². The van der Waals surface area contributed by atoms with Crippen molar-refractivity contribution in [3.63, 3.8) is 0 Å². The van der Waals surface area contributed by atoms with Crippen molar-refractivity contribution in [1.29, 1.82) is 0 Å². The average Bonchev–Trinajstić information content (AvgIpc) is 2.65. The van der Waals surface area contributed by atoms with E-state index in [4.69, 9.17) is 4.74 Å². The van der Waals surface area contributed by atoms with Gasteiger partial charge in [-0.25, -0.2) is 4.79 Å². The summed E-state index contributed by atoms with van der Waals surface area (Å²) < 4.78 is 4.88. The normalized spacial score (nSPS) is 17.5. The van der Waals surface area contributed by atoms with Crippen LogP contribution in [0.15, 0.2) is 42.0 Å². The summed E-state index contributed by atoms with van der Waals surface area (Å²) in [6.45, 7) is 2.44. The van der Waals surface area contributed by atoms with E-state index in [2.05, 4.69) is 0 Å². The molecule has 2 rings (SSSR count). The molecule has 1 aliphatic rings. The van der Waals surface area contributed by atoms with Crippen molar-refractivity contribution in [2.45, 2.75) is 12.8 Å². The van der Waals surface area contributed by atoms with Crippen LogP contribution in [0.4, 0.5) is 0 Å². The SMILES string of the molecule is C[C@H](C1=CCOC1=O)c1ccccc1. The van der Waals surface area contributed by atoms with Crippen LogP contribution in [0.2, 0.25) is 0 Å². The zero-order valence-corrected chi connectivity index (χ0v) is 8.07. The minimum absolute atomic E-state index is 0.131. The number of rotatable bonds is 2. The minimum Gasteiger partial charge on any atom is -0.458 e. The summed E-state index contributed by atoms with van der Waals surface area (Å²) in [5.41, 5.74) is 1.92. The molecule has 0 saturated heterocycles. The van der Waals surface area contributed by atoms with Crippen LogP contribution in [-0.4, -0.2) is 12.6 Å². The first-order valence-electron chi connectivity index (χ1n) is 4.71. The highest BCUT2D eigenvalue weighted by Crippen LogP contribution is 2.26. The Morgan fingerprint density at radius 2 is 2.00 bits per heavy atom. The molecule has 1 aromatic carbocycles. The average molecular weight is 188 g/mol. The molecule has 0 spiro atoms. The van der Waals surface area contributed by atoms with E-state index in [-0.39, 0.29) is 11.9 Å². The maximum Gasteiger partial charge on any atom is 0.334 e. The summed E-state index contributed by atoms with van der Waals surface area (Å²) in [5.74, 6) is -0.0486. The van der Waals surface area contributed by atoms with Gasteiger partial charge in [0.1, 0.15) is 6.61 Å². The second-order valence-electron chi connectivity index (χ2n) is 3.39. The number of hydrogen-bond acceptors (Lipinski definition) is 2. The zero-order valence-electron chi connectivity index (χ0n) is 8.07. The summed E-state index contributed by atoms with van der Waals surface area (Å²) in [7, 11) is 0. The third kappa shape index (κ3) is 1.55. The molecule has 0 unspecified atom stereocenters. The van der Waals surface area contributed by atoms with E-state index in [1.807, 2.05) is 43.3 Å². The Morgan fingerprint density at radius 1 is 1.29 bits per heavy atom. The van der Waals surface area contributed by atoms with Gasteiger partial charge in [-0.15, -0.1) is 0 Å². The van der Waals surface area contributed by atoms with Crippen molar-refractivity contribution < 1.29 is 9.53 Å². The van der Waals surface area contributed by atoms with Crippen LogP contribution in [0, 0.1) is 0 Å². The molecule has 14 heavy (non-hydrogen) atoms. The fraction of sp³-hybridized carbons (Fsp3) is 0.250. The number of carbonyl (C=O) groups is 1. The molecule has 0 bridgehead atoms. The van der Waals surface area contributed by atoms with Crippen molar-refractivity contribution in [2.75, 3.05) is 6.61 Å². The molecular weight excluding hydrogens is 176 g/mol. The molecule has 0 fully saturated rings. The van der Waals surface area contributed by atoms with E-state index in [1.54, 1.807) is 0 Å². The van der Waals surface area contributed by atoms with Gasteiger partial charge >= 0.3 is 5.97 Å². The lowest BCUT2D eigenvalue weighted by Crippen LogP contribution is -2.06. The van der Waals surface area contributed by atoms with Crippen LogP contribution >= 0.6 is 0 Å². The highest BCUT2D eigenvalue weighted by molar-refractivity contribution is 5.92. The van der Waals surface area contributed by atoms with Gasteiger partial charge in [0, 0.05) is 11.5 Å². The molecular formula is C12H12O2. The number of hydrogen-bond donors (Lipinski definition) is 0. The van der Waals surface area contributed by atoms with Crippen molar-refractivity contribution in [2.24, 2.45) is 0 Å². The lowest BCUT2D eigenvalue weighted by molar-refractivity contribution is -0.136. The Hall–Kier alpha value is -1.57. The predicted molar refractivity (Wildman–Crippen MR) is 53.9 cm³/mol. The van der Waals surface area contributed by atoms with Gasteiger partial charge in [0.2, 0.25) is 0 Å². The summed E-state index contributed by atoms with van der Waals surface area (Å²) in [6.07, 6.45) is 1.86. The van der Waals surface area contributed by atoms with Gasteiger partial charge in [0.25, 0.3) is 0 Å². The van der Waals surface area contributed by atoms with E-state index in [1.165, 1.54) is 0 Å². The molecule has 0 amide bonds. The molecule has 1 aliphatic heterocycles. The third-order valence-corrected chi connectivity index (χ3v) is 2.52. The molecule has 72 valence electrons. The van der Waals surface area contributed by atoms with Crippen molar-refractivity contribution in [3.8, 4) is 0 Å². The van der Waals surface area contributed by atoms with E-state index < -0.39 is 0 Å². The first-order chi connectivity index (χ1) is 6.79. The Morgan fingerprint density at radius 3 is 2.57 bits per heavy atom. The molecule has 1 aromatic rings. The molecule has 2 nitrogen and oxygen atoms in total. The highest BCUT2D eigenvalue weighted by atomic mass is 16.5. The topological polar surface area (TPSA) is 26.3 Å². The monoisotopic (exact) mass is 188 g/mol. The third-order valence-electron chi connectivity index (χ3n) is 2.52. The van der Waals surface area contributed by atoms with Crippen molar-refractivity contribution in [1.82, 2.24) is 0 Å². The smallest absolute Gasteiger partial charge is 0.334 e. The fourth-order valence-electron chi connectivity index (χ4n) is 1.65. The van der Waals surface area contributed by atoms with Crippen LogP contribution in [0.25, 0.3) is 0 Å². The summed E-state index contributed by atoms with van der Waals surface area (Å²) in [6, 6.07) is 9.98. The first-order valence-corrected chi connectivity index (χ1v) is 4.71. The second-order valence-corrected chi connectivity index (χ2v) is 3.39. The van der Waals surface area contributed by atoms with E-state index >= 15 is 0 Å². The molecule has 1 heterocycles. The van der Waals surface area contributed by atoms with Gasteiger partial charge < -0.3 is 4.74 Å². The number of esters is 1. The van der Waals surface area contributed by atoms with Gasteiger partial charge in [-0.3, -0.25) is 0 Å². The van der Waals surface area contributed by atoms with Gasteiger partial charge in [-0.2, -0.15) is 0 Å². The predicted octanol–water partition coefficient (Wildman–Crippen LogP) is 2.27. The molecule has 0 radical (unpaired) electrons. The fourth-order valence-corrected chi connectivity index (χ4v) is 1.65. The van der Waals surface area contributed by atoms with Gasteiger partial charge in [0.05, 0.1) is 0 Å². The number of carbonyl (C=O) groups excluding carboxylic acids is 1. The Labute approximate surface area is 83.2 Å². The quantitative estimate of drug-likeness (QED) is 0.665. The number of cyclic esters (lactones) is 1. The standard InChI is InChI=1S/C12H12O2/c1-9(10-5-3-2-4-6-10)11-7-8-14-12(11)13/h2-7,9H,8H2,1H3/t9-/m0/s1. The maximum atomic E-state index is 11.3. The highest BCUT2D eigenvalue weighted by Gasteiger charge is 2.23. The van der Waals surface area contributed by atoms with Crippen LogP contribution in [0.1, 0.15) is 18.4 Å². The van der Waals surface area contributed by atoms with Crippen molar-refractivity contribution >= 4 is 5.97 Å². The zero-order chi connectivity index (χ0) is 9.97. The van der Waals surface area contributed by atoms with Crippen molar-refractivity contribution in [3.05, 3.63) is 47.5 Å². The lowest BCUT2D eigenvalue weighted by Gasteiger charge is -2.10. The Bertz CT molecular complexity index is 365. The van der Waals surface area contributed by atoms with Gasteiger partial charge in [0.15, 0.2) is 0 Å². The lowest BCUT2D eigenvalue weighted by atomic mass is 9.93. The van der Waals surface area contributed by atoms with Gasteiger partial charge in [-0.05, 0) is 11.6 Å². The molecule has 2 heteroatoms. The van der Waals surface area contributed by atoms with E-state index in [0.29, 0.717) is 6.61 Å². The second kappa shape index (κ2) is 3.66. The first kappa shape index (κ1) is 9.00. The largest absolute Gasteiger partial charge is 0.458 e. The molecule has 0 N–H and O–H groups in total.